The third-order valence-electron chi connectivity index (χ3n) is 1.39. The zero-order chi connectivity index (χ0) is 8.85. The molecule has 0 saturated heterocycles. The Morgan fingerprint density at radius 3 is 2.45 bits per heavy atom. The molecule has 11 heavy (non-hydrogen) atoms. The largest absolute Gasteiger partial charge is 0.478 e. The number of carbonyl (C=O) groups is 1. The van der Waals surface area contributed by atoms with Gasteiger partial charge >= 0.3 is 5.97 Å². The van der Waals surface area contributed by atoms with E-state index < -0.39 is 5.97 Å². The van der Waals surface area contributed by atoms with Crippen molar-refractivity contribution in [2.24, 2.45) is 0 Å². The van der Waals surface area contributed by atoms with Crippen LogP contribution in [0.1, 0.15) is 12.8 Å². The molecule has 1 N–H and O–H groups in total. The van der Waals surface area contributed by atoms with Gasteiger partial charge in [-0.05, 0) is 33.5 Å². The lowest BCUT2D eigenvalue weighted by Gasteiger charge is -2.08. The summed E-state index contributed by atoms with van der Waals surface area (Å²) in [7, 11) is 3.92. The van der Waals surface area contributed by atoms with E-state index in [2.05, 4.69) is 6.58 Å². The number of carboxylic acids is 1. The summed E-state index contributed by atoms with van der Waals surface area (Å²) in [5.74, 6) is -0.885. The van der Waals surface area contributed by atoms with E-state index in [0.717, 1.165) is 13.0 Å². The van der Waals surface area contributed by atoms with Crippen molar-refractivity contribution in [3.8, 4) is 0 Å². The van der Waals surface area contributed by atoms with Crippen LogP contribution in [0.2, 0.25) is 0 Å². The fourth-order valence-electron chi connectivity index (χ4n) is 0.716. The molecule has 0 spiro atoms. The minimum atomic E-state index is -0.885. The zero-order valence-corrected chi connectivity index (χ0v) is 7.13. The number of hydrogen-bond acceptors (Lipinski definition) is 2. The van der Waals surface area contributed by atoms with Crippen LogP contribution in [-0.4, -0.2) is 36.6 Å². The van der Waals surface area contributed by atoms with Gasteiger partial charge in [0.1, 0.15) is 0 Å². The van der Waals surface area contributed by atoms with E-state index in [1.165, 1.54) is 0 Å². The first-order chi connectivity index (χ1) is 5.04. The van der Waals surface area contributed by atoms with Crippen LogP contribution in [0.15, 0.2) is 12.2 Å². The second-order valence-electron chi connectivity index (χ2n) is 2.82. The summed E-state index contributed by atoms with van der Waals surface area (Å²) < 4.78 is 0. The topological polar surface area (TPSA) is 40.5 Å². The van der Waals surface area contributed by atoms with Crippen molar-refractivity contribution in [3.05, 3.63) is 12.2 Å². The Balaban J connectivity index is 3.40. The fraction of sp³-hybridized carbons (Fsp3) is 0.625. The SMILES string of the molecule is C=C(CCCN(C)C)C(=O)O. The number of nitrogens with zero attached hydrogens (tertiary/aromatic N) is 1. The summed E-state index contributed by atoms with van der Waals surface area (Å²) in [5, 5.41) is 8.43. The summed E-state index contributed by atoms with van der Waals surface area (Å²) in [4.78, 5) is 12.3. The number of hydrogen-bond donors (Lipinski definition) is 1. The van der Waals surface area contributed by atoms with E-state index in [1.807, 2.05) is 19.0 Å². The van der Waals surface area contributed by atoms with Crippen LogP contribution in [0.4, 0.5) is 0 Å². The summed E-state index contributed by atoms with van der Waals surface area (Å²) >= 11 is 0. The Morgan fingerprint density at radius 2 is 2.09 bits per heavy atom. The van der Waals surface area contributed by atoms with Crippen molar-refractivity contribution in [3.63, 3.8) is 0 Å². The van der Waals surface area contributed by atoms with Crippen molar-refractivity contribution >= 4 is 5.97 Å². The molecule has 0 radical (unpaired) electrons. The molecular formula is C8H15NO2. The molecule has 0 aromatic heterocycles. The van der Waals surface area contributed by atoms with Crippen molar-refractivity contribution in [1.82, 2.24) is 4.90 Å². The summed E-state index contributed by atoms with van der Waals surface area (Å²) in [5.41, 5.74) is 0.298. The lowest BCUT2D eigenvalue weighted by molar-refractivity contribution is -0.132. The molecule has 0 atom stereocenters. The first-order valence-electron chi connectivity index (χ1n) is 3.60. The molecule has 0 fully saturated rings. The minimum absolute atomic E-state index is 0.298. The van der Waals surface area contributed by atoms with Crippen LogP contribution in [-0.2, 0) is 4.79 Å². The monoisotopic (exact) mass is 157 g/mol. The normalized spacial score (nSPS) is 10.1. The minimum Gasteiger partial charge on any atom is -0.478 e. The Morgan fingerprint density at radius 1 is 1.55 bits per heavy atom. The van der Waals surface area contributed by atoms with Gasteiger partial charge in [-0.25, -0.2) is 4.79 Å². The van der Waals surface area contributed by atoms with Gasteiger partial charge in [0.15, 0.2) is 0 Å². The summed E-state index contributed by atoms with van der Waals surface area (Å²) in [6.45, 7) is 4.34. The molecule has 0 bridgehead atoms. The van der Waals surface area contributed by atoms with Crippen LogP contribution < -0.4 is 0 Å². The highest BCUT2D eigenvalue weighted by Gasteiger charge is 2.02. The first-order valence-corrected chi connectivity index (χ1v) is 3.60. The van der Waals surface area contributed by atoms with Gasteiger partial charge < -0.3 is 10.0 Å². The number of carboxylic acid groups (broad SMARTS) is 1. The number of aliphatic carboxylic acids is 1. The Kier molecular flexibility index (Phi) is 4.54. The Bertz CT molecular complexity index is 152. The van der Waals surface area contributed by atoms with E-state index in [0.29, 0.717) is 12.0 Å². The zero-order valence-electron chi connectivity index (χ0n) is 7.13. The molecule has 0 amide bonds. The molecule has 0 aliphatic heterocycles. The Labute approximate surface area is 67.3 Å². The molecule has 64 valence electrons. The van der Waals surface area contributed by atoms with Crippen LogP contribution in [0.3, 0.4) is 0 Å². The molecule has 3 heteroatoms. The predicted molar refractivity (Wildman–Crippen MR) is 44.6 cm³/mol. The van der Waals surface area contributed by atoms with Crippen LogP contribution >= 0.6 is 0 Å². The van der Waals surface area contributed by atoms with Crippen molar-refractivity contribution in [2.75, 3.05) is 20.6 Å². The predicted octanol–water partition coefficient (Wildman–Crippen LogP) is 0.969. The standard InChI is InChI=1S/C8H15NO2/c1-7(8(10)11)5-4-6-9(2)3/h1,4-6H2,2-3H3,(H,10,11). The third-order valence-corrected chi connectivity index (χ3v) is 1.39. The van der Waals surface area contributed by atoms with Gasteiger partial charge in [-0.2, -0.15) is 0 Å². The van der Waals surface area contributed by atoms with Crippen molar-refractivity contribution < 1.29 is 9.90 Å². The highest BCUT2D eigenvalue weighted by atomic mass is 16.4. The smallest absolute Gasteiger partial charge is 0.330 e. The molecule has 0 unspecified atom stereocenters. The fourth-order valence-corrected chi connectivity index (χ4v) is 0.716. The van der Waals surface area contributed by atoms with E-state index in [4.69, 9.17) is 5.11 Å². The van der Waals surface area contributed by atoms with Gasteiger partial charge in [-0.3, -0.25) is 0 Å². The molecule has 0 rings (SSSR count). The quantitative estimate of drug-likeness (QED) is 0.604. The van der Waals surface area contributed by atoms with E-state index in [1.54, 1.807) is 0 Å². The second-order valence-corrected chi connectivity index (χ2v) is 2.82. The van der Waals surface area contributed by atoms with E-state index in [-0.39, 0.29) is 0 Å². The highest BCUT2D eigenvalue weighted by molar-refractivity contribution is 5.85. The van der Waals surface area contributed by atoms with Gasteiger partial charge in [-0.1, -0.05) is 6.58 Å². The van der Waals surface area contributed by atoms with E-state index in [9.17, 15) is 4.79 Å². The van der Waals surface area contributed by atoms with Gasteiger partial charge in [0.05, 0.1) is 0 Å². The van der Waals surface area contributed by atoms with Crippen LogP contribution in [0.25, 0.3) is 0 Å². The lowest BCUT2D eigenvalue weighted by atomic mass is 10.1. The van der Waals surface area contributed by atoms with Gasteiger partial charge in [0, 0.05) is 5.57 Å². The van der Waals surface area contributed by atoms with Gasteiger partial charge in [0.2, 0.25) is 0 Å². The maximum atomic E-state index is 10.3. The molecule has 0 aliphatic rings. The molecule has 0 aromatic carbocycles. The Hall–Kier alpha value is -0.830. The molecule has 0 aliphatic carbocycles. The molecule has 0 aromatic rings. The van der Waals surface area contributed by atoms with Gasteiger partial charge in [0.25, 0.3) is 0 Å². The second kappa shape index (κ2) is 4.91. The van der Waals surface area contributed by atoms with E-state index >= 15 is 0 Å². The first kappa shape index (κ1) is 10.2. The van der Waals surface area contributed by atoms with Gasteiger partial charge in [-0.15, -0.1) is 0 Å². The van der Waals surface area contributed by atoms with Crippen molar-refractivity contribution in [1.29, 1.82) is 0 Å². The molecule has 3 nitrogen and oxygen atoms in total. The molecule has 0 saturated carbocycles. The average Bonchev–Trinajstić information content (AvgIpc) is 1.86. The summed E-state index contributed by atoms with van der Waals surface area (Å²) in [6, 6.07) is 0. The highest BCUT2D eigenvalue weighted by Crippen LogP contribution is 2.01. The maximum absolute atomic E-state index is 10.3. The average molecular weight is 157 g/mol. The van der Waals surface area contributed by atoms with Crippen LogP contribution in [0, 0.1) is 0 Å². The number of rotatable bonds is 5. The van der Waals surface area contributed by atoms with Crippen LogP contribution in [0.5, 0.6) is 0 Å². The molecule has 0 heterocycles. The molecular weight excluding hydrogens is 142 g/mol. The lowest BCUT2D eigenvalue weighted by Crippen LogP contribution is -2.13. The maximum Gasteiger partial charge on any atom is 0.330 e. The third kappa shape index (κ3) is 5.61. The van der Waals surface area contributed by atoms with Crippen molar-refractivity contribution in [2.45, 2.75) is 12.8 Å². The summed E-state index contributed by atoms with van der Waals surface area (Å²) in [6.07, 6.45) is 1.44.